The smallest absolute Gasteiger partial charge is 0.156 e. The molecule has 7 heteroatoms. The summed E-state index contributed by atoms with van der Waals surface area (Å²) in [6, 6.07) is 3.22. The molecule has 0 aliphatic carbocycles. The molecule has 0 radical (unpaired) electrons. The van der Waals surface area contributed by atoms with Crippen molar-refractivity contribution in [1.82, 2.24) is 0 Å². The van der Waals surface area contributed by atoms with Crippen LogP contribution in [0.1, 0.15) is 6.42 Å². The van der Waals surface area contributed by atoms with Crippen molar-refractivity contribution in [2.45, 2.75) is 11.3 Å². The lowest BCUT2D eigenvalue weighted by Crippen LogP contribution is -1.99. The molecule has 0 amide bonds. The van der Waals surface area contributed by atoms with Gasteiger partial charge in [0.05, 0.1) is 22.9 Å². The molecule has 0 saturated carbocycles. The maximum atomic E-state index is 6.08. The molecule has 2 nitrogen and oxygen atoms in total. The summed E-state index contributed by atoms with van der Waals surface area (Å²) in [4.78, 5) is -0.627. The van der Waals surface area contributed by atoms with Crippen molar-refractivity contribution in [2.24, 2.45) is 0 Å². The van der Waals surface area contributed by atoms with E-state index in [1.54, 1.807) is 12.1 Å². The van der Waals surface area contributed by atoms with E-state index in [9.17, 15) is 0 Å². The van der Waals surface area contributed by atoms with Gasteiger partial charge >= 0.3 is 0 Å². The predicted octanol–water partition coefficient (Wildman–Crippen LogP) is 5.85. The van der Waals surface area contributed by atoms with E-state index in [2.05, 4.69) is 15.9 Å². The number of alkyl halides is 3. The molecule has 19 heavy (non-hydrogen) atoms. The number of allylic oxidation sites excluding steroid dienone is 1. The van der Waals surface area contributed by atoms with Gasteiger partial charge < -0.3 is 9.47 Å². The summed E-state index contributed by atoms with van der Waals surface area (Å²) < 4.78 is 10.8. The molecule has 0 N–H and O–H groups in total. The Balaban J connectivity index is 2.73. The van der Waals surface area contributed by atoms with Crippen LogP contribution in [-0.2, 0) is 0 Å². The zero-order valence-corrected chi connectivity index (χ0v) is 14.3. The Labute approximate surface area is 140 Å². The summed E-state index contributed by atoms with van der Waals surface area (Å²) >= 11 is 26.5. The SMILES string of the molecule is Clc1cc(OC=CC(Cl)Cl)cc(Cl)c1OCCCBr. The second-order valence-corrected chi connectivity index (χ2v) is 6.16. The van der Waals surface area contributed by atoms with Crippen LogP contribution < -0.4 is 9.47 Å². The van der Waals surface area contributed by atoms with Crippen LogP contribution in [0.4, 0.5) is 0 Å². The monoisotopic (exact) mass is 406 g/mol. The van der Waals surface area contributed by atoms with Crippen molar-refractivity contribution < 1.29 is 9.47 Å². The first-order chi connectivity index (χ1) is 9.04. The average Bonchev–Trinajstić information content (AvgIpc) is 2.32. The van der Waals surface area contributed by atoms with Gasteiger partial charge in [-0.2, -0.15) is 0 Å². The first-order valence-corrected chi connectivity index (χ1v) is 8.09. The number of ether oxygens (including phenoxy) is 2. The van der Waals surface area contributed by atoms with Gasteiger partial charge in [0.25, 0.3) is 0 Å². The lowest BCUT2D eigenvalue weighted by molar-refractivity contribution is 0.319. The van der Waals surface area contributed by atoms with Crippen molar-refractivity contribution in [3.63, 3.8) is 0 Å². The fraction of sp³-hybridized carbons (Fsp3) is 0.333. The van der Waals surface area contributed by atoms with E-state index in [0.29, 0.717) is 28.2 Å². The molecule has 0 unspecified atom stereocenters. The fourth-order valence-electron chi connectivity index (χ4n) is 1.15. The molecule has 0 aromatic heterocycles. The van der Waals surface area contributed by atoms with E-state index in [0.717, 1.165) is 11.8 Å². The van der Waals surface area contributed by atoms with Gasteiger partial charge in [-0.05, 0) is 12.5 Å². The summed E-state index contributed by atoms with van der Waals surface area (Å²) in [5.74, 6) is 0.932. The first-order valence-electron chi connectivity index (χ1n) is 5.34. The number of halogens is 5. The van der Waals surface area contributed by atoms with Crippen LogP contribution in [0, 0.1) is 0 Å². The molecule has 1 aromatic rings. The minimum atomic E-state index is -0.627. The molecule has 0 saturated heterocycles. The summed E-state index contributed by atoms with van der Waals surface area (Å²) in [6.07, 6.45) is 3.71. The van der Waals surface area contributed by atoms with E-state index < -0.39 is 4.84 Å². The largest absolute Gasteiger partial charge is 0.490 e. The number of hydrogen-bond acceptors (Lipinski definition) is 2. The molecule has 0 heterocycles. The zero-order chi connectivity index (χ0) is 14.3. The summed E-state index contributed by atoms with van der Waals surface area (Å²) in [5, 5.41) is 1.63. The van der Waals surface area contributed by atoms with E-state index in [-0.39, 0.29) is 0 Å². The minimum absolute atomic E-state index is 0.388. The zero-order valence-electron chi connectivity index (χ0n) is 9.71. The van der Waals surface area contributed by atoms with Gasteiger partial charge in [0, 0.05) is 17.5 Å². The van der Waals surface area contributed by atoms with Gasteiger partial charge in [-0.25, -0.2) is 0 Å². The topological polar surface area (TPSA) is 18.5 Å². The molecule has 0 spiro atoms. The lowest BCUT2D eigenvalue weighted by atomic mass is 10.3. The molecule has 1 aromatic carbocycles. The first kappa shape index (κ1) is 17.3. The summed E-state index contributed by atoms with van der Waals surface area (Å²) in [7, 11) is 0. The highest BCUT2D eigenvalue weighted by Crippen LogP contribution is 2.37. The highest BCUT2D eigenvalue weighted by Gasteiger charge is 2.10. The second-order valence-electron chi connectivity index (χ2n) is 3.39. The van der Waals surface area contributed by atoms with Crippen LogP contribution in [-0.4, -0.2) is 16.8 Å². The normalized spacial score (nSPS) is 11.3. The molecule has 1 rings (SSSR count). The van der Waals surface area contributed by atoms with Crippen molar-refractivity contribution in [3.8, 4) is 11.5 Å². The predicted molar refractivity (Wildman–Crippen MR) is 85.6 cm³/mol. The van der Waals surface area contributed by atoms with Crippen molar-refractivity contribution in [1.29, 1.82) is 0 Å². The van der Waals surface area contributed by atoms with E-state index in [1.165, 1.54) is 12.3 Å². The number of benzene rings is 1. The second kappa shape index (κ2) is 9.19. The van der Waals surface area contributed by atoms with Crippen LogP contribution in [0.2, 0.25) is 10.0 Å². The summed E-state index contributed by atoms with van der Waals surface area (Å²) in [6.45, 7) is 0.533. The highest BCUT2D eigenvalue weighted by molar-refractivity contribution is 9.09. The number of hydrogen-bond donors (Lipinski definition) is 0. The third-order valence-electron chi connectivity index (χ3n) is 1.92. The molecule has 0 atom stereocenters. The Hall–Kier alpha value is 0.200. The minimum Gasteiger partial charge on any atom is -0.490 e. The van der Waals surface area contributed by atoms with E-state index >= 15 is 0 Å². The maximum Gasteiger partial charge on any atom is 0.156 e. The Kier molecular flexibility index (Phi) is 8.35. The Morgan fingerprint density at radius 3 is 2.37 bits per heavy atom. The molecule has 0 fully saturated rings. The van der Waals surface area contributed by atoms with Crippen LogP contribution >= 0.6 is 62.3 Å². The third kappa shape index (κ3) is 6.46. The summed E-state index contributed by atoms with van der Waals surface area (Å²) in [5.41, 5.74) is 0. The molecule has 0 bridgehead atoms. The lowest BCUT2D eigenvalue weighted by Gasteiger charge is -2.11. The molecule has 106 valence electrons. The van der Waals surface area contributed by atoms with Gasteiger partial charge in [-0.15, -0.1) is 23.2 Å². The average molecular weight is 409 g/mol. The maximum absolute atomic E-state index is 6.08. The van der Waals surface area contributed by atoms with Crippen molar-refractivity contribution in [2.75, 3.05) is 11.9 Å². The Morgan fingerprint density at radius 2 is 1.84 bits per heavy atom. The van der Waals surface area contributed by atoms with Gasteiger partial charge in [-0.1, -0.05) is 39.1 Å². The standard InChI is InChI=1S/C12H11BrCl4O2/c13-3-1-4-19-12-9(14)6-8(7-10(12)15)18-5-2-11(16)17/h2,5-7,11H,1,3-4H2. The van der Waals surface area contributed by atoms with Crippen molar-refractivity contribution in [3.05, 3.63) is 34.5 Å². The van der Waals surface area contributed by atoms with Crippen molar-refractivity contribution >= 4 is 62.3 Å². The molecule has 0 aliphatic rings. The highest BCUT2D eigenvalue weighted by atomic mass is 79.9. The van der Waals surface area contributed by atoms with Crippen LogP contribution in [0.15, 0.2) is 24.5 Å². The quantitative estimate of drug-likeness (QED) is 0.320. The van der Waals surface area contributed by atoms with Crippen LogP contribution in [0.3, 0.4) is 0 Å². The van der Waals surface area contributed by atoms with E-state index in [1.807, 2.05) is 0 Å². The molecular weight excluding hydrogens is 398 g/mol. The van der Waals surface area contributed by atoms with Gasteiger partial charge in [0.2, 0.25) is 0 Å². The van der Waals surface area contributed by atoms with Crippen LogP contribution in [0.5, 0.6) is 11.5 Å². The Bertz CT molecular complexity index is 415. The van der Waals surface area contributed by atoms with E-state index in [4.69, 9.17) is 55.9 Å². The van der Waals surface area contributed by atoms with Gasteiger partial charge in [0.1, 0.15) is 10.6 Å². The number of rotatable bonds is 7. The Morgan fingerprint density at radius 1 is 1.21 bits per heavy atom. The molecular formula is C12H11BrCl4O2. The van der Waals surface area contributed by atoms with Crippen LogP contribution in [0.25, 0.3) is 0 Å². The van der Waals surface area contributed by atoms with Gasteiger partial charge in [0.15, 0.2) is 5.75 Å². The third-order valence-corrected chi connectivity index (χ3v) is 3.34. The molecule has 0 aliphatic heterocycles. The fourth-order valence-corrected chi connectivity index (χ4v) is 2.07. The van der Waals surface area contributed by atoms with Gasteiger partial charge in [-0.3, -0.25) is 0 Å².